The summed E-state index contributed by atoms with van der Waals surface area (Å²) < 4.78 is 3.69. The van der Waals surface area contributed by atoms with Gasteiger partial charge in [-0.1, -0.05) is 36.4 Å². The van der Waals surface area contributed by atoms with E-state index in [4.69, 9.17) is 10.1 Å². The van der Waals surface area contributed by atoms with E-state index in [0.717, 1.165) is 46.6 Å². The number of anilines is 2. The van der Waals surface area contributed by atoms with Crippen molar-refractivity contribution < 1.29 is 0 Å². The molecule has 5 rings (SSSR count). The van der Waals surface area contributed by atoms with Crippen LogP contribution in [0, 0.1) is 13.8 Å². The highest BCUT2D eigenvalue weighted by Gasteiger charge is 2.23. The third kappa shape index (κ3) is 3.56. The highest BCUT2D eigenvalue weighted by atomic mass is 32.1. The van der Waals surface area contributed by atoms with Gasteiger partial charge in [0.25, 0.3) is 5.56 Å². The van der Waals surface area contributed by atoms with Gasteiger partial charge in [-0.15, -0.1) is 17.9 Å². The second-order valence-corrected chi connectivity index (χ2v) is 9.43. The topological polar surface area (TPSA) is 64.7 Å². The molecule has 7 heteroatoms. The number of fused-ring (bicyclic) bond motifs is 3. The Bertz CT molecular complexity index is 1360. The molecule has 0 atom stereocenters. The van der Waals surface area contributed by atoms with Crippen LogP contribution in [0.1, 0.15) is 40.2 Å². The van der Waals surface area contributed by atoms with Crippen LogP contribution in [0.5, 0.6) is 0 Å². The van der Waals surface area contributed by atoms with Crippen molar-refractivity contribution in [2.75, 3.05) is 5.32 Å². The summed E-state index contributed by atoms with van der Waals surface area (Å²) >= 11 is 1.67. The van der Waals surface area contributed by atoms with E-state index in [1.807, 2.05) is 36.7 Å². The van der Waals surface area contributed by atoms with Crippen LogP contribution in [0.3, 0.4) is 0 Å². The van der Waals surface area contributed by atoms with E-state index < -0.39 is 0 Å². The third-order valence-electron chi connectivity index (χ3n) is 6.18. The van der Waals surface area contributed by atoms with Gasteiger partial charge in [-0.3, -0.25) is 14.0 Å². The summed E-state index contributed by atoms with van der Waals surface area (Å²) in [6.45, 7) is 8.98. The maximum Gasteiger partial charge on any atom is 0.264 e. The first-order valence-electron chi connectivity index (χ1n) is 11.1. The molecule has 1 aliphatic carbocycles. The summed E-state index contributed by atoms with van der Waals surface area (Å²) in [5.74, 6) is 0.548. The normalized spacial score (nSPS) is 13.3. The van der Waals surface area contributed by atoms with Crippen molar-refractivity contribution >= 4 is 33.2 Å². The van der Waals surface area contributed by atoms with Crippen LogP contribution >= 0.6 is 11.3 Å². The molecule has 3 aromatic heterocycles. The lowest BCUT2D eigenvalue weighted by Gasteiger charge is -2.14. The molecule has 6 nitrogen and oxygen atoms in total. The number of rotatable bonds is 6. The molecule has 0 amide bonds. The molecule has 0 saturated heterocycles. The number of thiophene rings is 1. The summed E-state index contributed by atoms with van der Waals surface area (Å²) in [5, 5.41) is 8.97. The second-order valence-electron chi connectivity index (χ2n) is 8.34. The lowest BCUT2D eigenvalue weighted by Crippen LogP contribution is -2.24. The van der Waals surface area contributed by atoms with Gasteiger partial charge in [-0.25, -0.2) is 4.98 Å². The number of nitrogens with zero attached hydrogens (tertiary/aromatic N) is 4. The number of hydrogen-bond acceptors (Lipinski definition) is 5. The summed E-state index contributed by atoms with van der Waals surface area (Å²) in [6.07, 6.45) is 6.09. The van der Waals surface area contributed by atoms with Gasteiger partial charge in [0.2, 0.25) is 5.95 Å². The number of hydrogen-bond donors (Lipinski definition) is 1. The van der Waals surface area contributed by atoms with Crippen molar-refractivity contribution in [2.24, 2.45) is 0 Å². The lowest BCUT2D eigenvalue weighted by molar-refractivity contribution is 0.659. The zero-order valence-electron chi connectivity index (χ0n) is 18.5. The molecule has 0 saturated carbocycles. The van der Waals surface area contributed by atoms with E-state index in [9.17, 15) is 4.79 Å². The first-order chi connectivity index (χ1) is 15.6. The molecule has 32 heavy (non-hydrogen) atoms. The van der Waals surface area contributed by atoms with Crippen LogP contribution in [0.25, 0.3) is 10.2 Å². The van der Waals surface area contributed by atoms with Gasteiger partial charge in [-0.2, -0.15) is 5.10 Å². The minimum atomic E-state index is 0.0174. The van der Waals surface area contributed by atoms with Gasteiger partial charge in [0.1, 0.15) is 4.83 Å². The molecule has 0 fully saturated rings. The maximum atomic E-state index is 13.5. The van der Waals surface area contributed by atoms with Crippen molar-refractivity contribution in [3.63, 3.8) is 0 Å². The first kappa shape index (κ1) is 20.7. The van der Waals surface area contributed by atoms with Crippen LogP contribution in [0.2, 0.25) is 0 Å². The predicted octanol–water partition coefficient (Wildman–Crippen LogP) is 5.13. The molecule has 1 aromatic carbocycles. The average molecular weight is 446 g/mol. The largest absolute Gasteiger partial charge is 0.322 e. The molecule has 0 aliphatic heterocycles. The standard InChI is InChI=1S/C25H27N5OS/c1-4-14-29-24(31)21-19-12-8-9-13-20(19)32-23(21)27-25(29)26-22-16(2)28-30(17(22)3)15-18-10-6-5-7-11-18/h4-7,10-11H,1,8-9,12-15H2,2-3H3,(H,26,27). The summed E-state index contributed by atoms with van der Waals surface area (Å²) in [6, 6.07) is 10.3. The summed E-state index contributed by atoms with van der Waals surface area (Å²) in [7, 11) is 0. The van der Waals surface area contributed by atoms with Crippen LogP contribution in [-0.2, 0) is 25.9 Å². The number of aromatic nitrogens is 4. The Morgan fingerprint density at radius 2 is 1.97 bits per heavy atom. The van der Waals surface area contributed by atoms with Gasteiger partial charge in [0.15, 0.2) is 0 Å². The van der Waals surface area contributed by atoms with Crippen LogP contribution in [0.15, 0.2) is 47.8 Å². The molecule has 1 aliphatic rings. The molecule has 4 aromatic rings. The SMILES string of the molecule is C=CCn1c(Nc2c(C)nn(Cc3ccccc3)c2C)nc2sc3c(c2c1=O)CCCC3. The Balaban J connectivity index is 1.57. The predicted molar refractivity (Wildman–Crippen MR) is 131 cm³/mol. The van der Waals surface area contributed by atoms with Gasteiger partial charge in [-0.05, 0) is 50.7 Å². The van der Waals surface area contributed by atoms with Crippen LogP contribution in [0.4, 0.5) is 11.6 Å². The van der Waals surface area contributed by atoms with Crippen molar-refractivity contribution in [3.8, 4) is 0 Å². The number of benzene rings is 1. The molecule has 0 unspecified atom stereocenters. The molecule has 1 N–H and O–H groups in total. The average Bonchev–Trinajstić information content (AvgIpc) is 3.29. The van der Waals surface area contributed by atoms with E-state index in [0.29, 0.717) is 19.0 Å². The van der Waals surface area contributed by atoms with Crippen molar-refractivity contribution in [3.05, 3.63) is 80.7 Å². The van der Waals surface area contributed by atoms with E-state index in [1.165, 1.54) is 22.4 Å². The zero-order chi connectivity index (χ0) is 22.2. The van der Waals surface area contributed by atoms with E-state index in [2.05, 4.69) is 24.0 Å². The summed E-state index contributed by atoms with van der Waals surface area (Å²) in [5.41, 5.74) is 5.20. The van der Waals surface area contributed by atoms with E-state index in [1.54, 1.807) is 22.0 Å². The third-order valence-corrected chi connectivity index (χ3v) is 7.37. The molecule has 0 spiro atoms. The fourth-order valence-electron chi connectivity index (χ4n) is 4.53. The molecule has 164 valence electrons. The molecule has 0 radical (unpaired) electrons. The lowest BCUT2D eigenvalue weighted by atomic mass is 9.97. The Morgan fingerprint density at radius 3 is 2.75 bits per heavy atom. The van der Waals surface area contributed by atoms with Gasteiger partial charge >= 0.3 is 0 Å². The smallest absolute Gasteiger partial charge is 0.264 e. The van der Waals surface area contributed by atoms with Crippen LogP contribution in [-0.4, -0.2) is 19.3 Å². The van der Waals surface area contributed by atoms with Gasteiger partial charge in [0.05, 0.1) is 29.0 Å². The quantitative estimate of drug-likeness (QED) is 0.418. The highest BCUT2D eigenvalue weighted by Crippen LogP contribution is 2.35. The minimum absolute atomic E-state index is 0.0174. The molecule has 0 bridgehead atoms. The number of allylic oxidation sites excluding steroid dienone is 1. The first-order valence-corrected chi connectivity index (χ1v) is 11.9. The van der Waals surface area contributed by atoms with Crippen molar-refractivity contribution in [1.29, 1.82) is 0 Å². The van der Waals surface area contributed by atoms with Crippen LogP contribution < -0.4 is 10.9 Å². The number of nitrogens with one attached hydrogen (secondary N) is 1. The molecular weight excluding hydrogens is 418 g/mol. The fourth-order valence-corrected chi connectivity index (χ4v) is 5.78. The maximum absolute atomic E-state index is 13.5. The Labute approximate surface area is 191 Å². The van der Waals surface area contributed by atoms with E-state index >= 15 is 0 Å². The minimum Gasteiger partial charge on any atom is -0.322 e. The Morgan fingerprint density at radius 1 is 1.19 bits per heavy atom. The fraction of sp³-hybridized carbons (Fsp3) is 0.320. The van der Waals surface area contributed by atoms with Gasteiger partial charge in [0, 0.05) is 11.4 Å². The van der Waals surface area contributed by atoms with Crippen molar-refractivity contribution in [2.45, 2.75) is 52.6 Å². The zero-order valence-corrected chi connectivity index (χ0v) is 19.3. The van der Waals surface area contributed by atoms with Gasteiger partial charge < -0.3 is 5.32 Å². The Hall–Kier alpha value is -3.19. The molecular formula is C25H27N5OS. The van der Waals surface area contributed by atoms with Crippen molar-refractivity contribution in [1.82, 2.24) is 19.3 Å². The van der Waals surface area contributed by atoms with E-state index in [-0.39, 0.29) is 5.56 Å². The number of aryl methyl sites for hydroxylation is 3. The molecule has 3 heterocycles. The highest BCUT2D eigenvalue weighted by molar-refractivity contribution is 7.18. The summed E-state index contributed by atoms with van der Waals surface area (Å²) in [4.78, 5) is 20.6. The second kappa shape index (κ2) is 8.39. The Kier molecular flexibility index (Phi) is 5.43. The monoisotopic (exact) mass is 445 g/mol.